The van der Waals surface area contributed by atoms with Crippen molar-refractivity contribution in [1.29, 1.82) is 5.26 Å². The number of nitrogens with zero attached hydrogens (tertiary/aromatic N) is 2. The first-order chi connectivity index (χ1) is 13.6. The third-order valence-electron chi connectivity index (χ3n) is 4.28. The molecule has 1 atom stereocenters. The van der Waals surface area contributed by atoms with Crippen molar-refractivity contribution >= 4 is 40.0 Å². The number of halogens is 1. The summed E-state index contributed by atoms with van der Waals surface area (Å²) in [6.07, 6.45) is 0. The van der Waals surface area contributed by atoms with Gasteiger partial charge in [0.2, 0.25) is 0 Å². The number of thioether (sulfide) groups is 1. The number of aromatic amines is 1. The molecule has 0 radical (unpaired) electrons. The maximum Gasteiger partial charge on any atom is 0.162 e. The maximum atomic E-state index is 10.7. The van der Waals surface area contributed by atoms with E-state index in [-0.39, 0.29) is 11.3 Å². The van der Waals surface area contributed by atoms with Crippen LogP contribution in [0.1, 0.15) is 12.7 Å². The molecule has 0 amide bonds. The molecular formula is C20H16ClN3O3S. The van der Waals surface area contributed by atoms with Crippen molar-refractivity contribution in [2.75, 3.05) is 13.2 Å². The Morgan fingerprint density at radius 2 is 2.00 bits per heavy atom. The number of allylic oxidation sites excluding steroid dienone is 1. The van der Waals surface area contributed by atoms with Gasteiger partial charge in [-0.1, -0.05) is 23.7 Å². The SMILES string of the molecule is CC(Sc1cc2c(cc1Cl)OCCO2)/C(O)=C(\C#N)c1nc2ccccc2[nH]1. The van der Waals surface area contributed by atoms with E-state index in [0.717, 1.165) is 15.9 Å². The largest absolute Gasteiger partial charge is 0.510 e. The molecule has 1 aliphatic rings. The van der Waals surface area contributed by atoms with E-state index in [2.05, 4.69) is 16.0 Å². The fourth-order valence-corrected chi connectivity index (χ4v) is 4.13. The number of hydrogen-bond acceptors (Lipinski definition) is 6. The summed E-state index contributed by atoms with van der Waals surface area (Å²) in [4.78, 5) is 8.21. The number of imidazole rings is 1. The highest BCUT2D eigenvalue weighted by molar-refractivity contribution is 8.00. The molecule has 3 aromatic rings. The van der Waals surface area contributed by atoms with Crippen molar-refractivity contribution in [1.82, 2.24) is 9.97 Å². The van der Waals surface area contributed by atoms with Crippen LogP contribution in [0.5, 0.6) is 11.5 Å². The van der Waals surface area contributed by atoms with Gasteiger partial charge in [0, 0.05) is 11.0 Å². The lowest BCUT2D eigenvalue weighted by atomic mass is 10.2. The molecule has 8 heteroatoms. The van der Waals surface area contributed by atoms with Gasteiger partial charge in [-0.3, -0.25) is 0 Å². The number of aliphatic hydroxyl groups is 1. The molecule has 6 nitrogen and oxygen atoms in total. The molecule has 28 heavy (non-hydrogen) atoms. The van der Waals surface area contributed by atoms with Gasteiger partial charge in [0.25, 0.3) is 0 Å². The number of nitrogens with one attached hydrogen (secondary N) is 1. The summed E-state index contributed by atoms with van der Waals surface area (Å²) in [5.74, 6) is 1.49. The van der Waals surface area contributed by atoms with Crippen molar-refractivity contribution in [3.8, 4) is 17.6 Å². The zero-order chi connectivity index (χ0) is 19.7. The first-order valence-electron chi connectivity index (χ1n) is 8.61. The minimum absolute atomic E-state index is 0.0717. The van der Waals surface area contributed by atoms with Gasteiger partial charge in [0.15, 0.2) is 17.3 Å². The molecule has 0 spiro atoms. The molecule has 2 heterocycles. The molecule has 0 fully saturated rings. The Balaban J connectivity index is 1.64. The number of nitriles is 1. The zero-order valence-corrected chi connectivity index (χ0v) is 16.5. The van der Waals surface area contributed by atoms with E-state index in [1.807, 2.05) is 24.3 Å². The number of hydrogen-bond donors (Lipinski definition) is 2. The first kappa shape index (κ1) is 18.5. The normalized spacial score (nSPS) is 15.0. The van der Waals surface area contributed by atoms with Crippen LogP contribution < -0.4 is 9.47 Å². The van der Waals surface area contributed by atoms with E-state index in [0.29, 0.717) is 35.6 Å². The lowest BCUT2D eigenvalue weighted by molar-refractivity contribution is 0.171. The Bertz CT molecular complexity index is 1090. The van der Waals surface area contributed by atoms with Crippen molar-refractivity contribution < 1.29 is 14.6 Å². The summed E-state index contributed by atoms with van der Waals surface area (Å²) < 4.78 is 11.1. The second kappa shape index (κ2) is 7.66. The fourth-order valence-electron chi connectivity index (χ4n) is 2.89. The van der Waals surface area contributed by atoms with Crippen molar-refractivity contribution in [3.63, 3.8) is 0 Å². The molecule has 4 rings (SSSR count). The number of aliphatic hydroxyl groups excluding tert-OH is 1. The van der Waals surface area contributed by atoms with Gasteiger partial charge < -0.3 is 19.6 Å². The Morgan fingerprint density at radius 1 is 1.29 bits per heavy atom. The molecule has 0 saturated heterocycles. The predicted octanol–water partition coefficient (Wildman–Crippen LogP) is 4.96. The quantitative estimate of drug-likeness (QED) is 0.357. The summed E-state index contributed by atoms with van der Waals surface area (Å²) in [6.45, 7) is 2.76. The van der Waals surface area contributed by atoms with Crippen LogP contribution in [0.25, 0.3) is 16.6 Å². The van der Waals surface area contributed by atoms with Crippen LogP contribution in [0.3, 0.4) is 0 Å². The molecule has 2 aromatic carbocycles. The highest BCUT2D eigenvalue weighted by Gasteiger charge is 2.22. The van der Waals surface area contributed by atoms with Crippen LogP contribution in [0.4, 0.5) is 0 Å². The first-order valence-corrected chi connectivity index (χ1v) is 9.86. The molecule has 0 saturated carbocycles. The molecule has 2 N–H and O–H groups in total. The van der Waals surface area contributed by atoms with Crippen LogP contribution in [-0.2, 0) is 0 Å². The second-order valence-electron chi connectivity index (χ2n) is 6.16. The summed E-state index contributed by atoms with van der Waals surface area (Å²) in [5.41, 5.74) is 1.63. The topological polar surface area (TPSA) is 91.2 Å². The Labute approximate surface area is 170 Å². The van der Waals surface area contributed by atoms with Crippen LogP contribution >= 0.6 is 23.4 Å². The summed E-state index contributed by atoms with van der Waals surface area (Å²) in [7, 11) is 0. The van der Waals surface area contributed by atoms with Gasteiger partial charge >= 0.3 is 0 Å². The Kier molecular flexibility index (Phi) is 5.07. The number of para-hydroxylation sites is 2. The van der Waals surface area contributed by atoms with Crippen LogP contribution in [0.15, 0.2) is 47.1 Å². The van der Waals surface area contributed by atoms with E-state index in [1.54, 1.807) is 19.1 Å². The van der Waals surface area contributed by atoms with Gasteiger partial charge in [0.05, 0.1) is 21.3 Å². The molecular weight excluding hydrogens is 398 g/mol. The average molecular weight is 414 g/mol. The molecule has 1 aliphatic heterocycles. The monoisotopic (exact) mass is 413 g/mol. The molecule has 1 unspecified atom stereocenters. The van der Waals surface area contributed by atoms with Crippen LogP contribution in [0.2, 0.25) is 5.02 Å². The van der Waals surface area contributed by atoms with Gasteiger partial charge in [-0.05, 0) is 25.1 Å². The number of benzene rings is 2. The van der Waals surface area contributed by atoms with Gasteiger partial charge in [-0.2, -0.15) is 5.26 Å². The van der Waals surface area contributed by atoms with Crippen molar-refractivity contribution in [2.45, 2.75) is 17.1 Å². The summed E-state index contributed by atoms with van der Waals surface area (Å²) in [6, 6.07) is 13.0. The average Bonchev–Trinajstić information content (AvgIpc) is 3.12. The fraction of sp³-hybridized carbons (Fsp3) is 0.200. The van der Waals surface area contributed by atoms with E-state index >= 15 is 0 Å². The summed E-state index contributed by atoms with van der Waals surface area (Å²) in [5, 5.41) is 20.4. The van der Waals surface area contributed by atoms with Crippen LogP contribution in [0, 0.1) is 11.3 Å². The smallest absolute Gasteiger partial charge is 0.162 e. The van der Waals surface area contributed by atoms with E-state index in [1.165, 1.54) is 11.8 Å². The predicted molar refractivity (Wildman–Crippen MR) is 109 cm³/mol. The Hall–Kier alpha value is -2.82. The highest BCUT2D eigenvalue weighted by atomic mass is 35.5. The van der Waals surface area contributed by atoms with Crippen LogP contribution in [-0.4, -0.2) is 33.5 Å². The number of fused-ring (bicyclic) bond motifs is 2. The van der Waals surface area contributed by atoms with Crippen molar-refractivity contribution in [2.24, 2.45) is 0 Å². The highest BCUT2D eigenvalue weighted by Crippen LogP contribution is 2.42. The summed E-state index contributed by atoms with van der Waals surface area (Å²) >= 11 is 7.68. The molecule has 142 valence electrons. The third kappa shape index (κ3) is 3.49. The molecule has 1 aromatic heterocycles. The van der Waals surface area contributed by atoms with Gasteiger partial charge in [0.1, 0.15) is 30.6 Å². The maximum absolute atomic E-state index is 10.7. The lowest BCUT2D eigenvalue weighted by Gasteiger charge is -2.20. The van der Waals surface area contributed by atoms with E-state index in [4.69, 9.17) is 21.1 Å². The molecule has 0 bridgehead atoms. The number of aromatic nitrogens is 2. The minimum Gasteiger partial charge on any atom is -0.510 e. The zero-order valence-electron chi connectivity index (χ0n) is 14.9. The number of H-pyrrole nitrogens is 1. The standard InChI is InChI=1S/C20H16ClN3O3S/c1-11(28-18-9-17-16(8-13(18)21)26-6-7-27-17)19(25)12(10-22)20-23-14-4-2-3-5-15(14)24-20/h2-5,8-9,11,25H,6-7H2,1H3,(H,23,24)/b19-12-. The van der Waals surface area contributed by atoms with E-state index in [9.17, 15) is 10.4 Å². The third-order valence-corrected chi connectivity index (χ3v) is 5.87. The second-order valence-corrected chi connectivity index (χ2v) is 7.95. The van der Waals surface area contributed by atoms with E-state index < -0.39 is 5.25 Å². The minimum atomic E-state index is -0.428. The van der Waals surface area contributed by atoms with Gasteiger partial charge in [-0.25, -0.2) is 4.98 Å². The lowest BCUT2D eigenvalue weighted by Crippen LogP contribution is -2.15. The number of rotatable bonds is 4. The number of ether oxygens (including phenoxy) is 2. The van der Waals surface area contributed by atoms with Crippen molar-refractivity contribution in [3.05, 3.63) is 53.0 Å². The molecule has 0 aliphatic carbocycles. The van der Waals surface area contributed by atoms with Gasteiger partial charge in [-0.15, -0.1) is 11.8 Å². The Morgan fingerprint density at radius 3 is 2.71 bits per heavy atom.